The van der Waals surface area contributed by atoms with Gasteiger partial charge in [0.05, 0.1) is 6.10 Å². The molecule has 138 valence electrons. The molecule has 1 aliphatic rings. The van der Waals surface area contributed by atoms with E-state index in [-0.39, 0.29) is 12.1 Å². The molecule has 26 heavy (non-hydrogen) atoms. The van der Waals surface area contributed by atoms with E-state index in [1.54, 1.807) is 12.3 Å². The van der Waals surface area contributed by atoms with Gasteiger partial charge >= 0.3 is 0 Å². The predicted octanol–water partition coefficient (Wildman–Crippen LogP) is 3.24. The molecule has 0 radical (unpaired) electrons. The fourth-order valence-electron chi connectivity index (χ4n) is 3.23. The van der Waals surface area contributed by atoms with Crippen LogP contribution in [-0.2, 0) is 6.42 Å². The highest BCUT2D eigenvalue weighted by molar-refractivity contribution is 5.59. The number of benzene rings is 1. The number of aliphatic hydroxyl groups is 1. The first-order valence-corrected chi connectivity index (χ1v) is 9.21. The minimum absolute atomic E-state index is 0.199. The quantitative estimate of drug-likeness (QED) is 0.712. The monoisotopic (exact) mass is 353 g/mol. The van der Waals surface area contributed by atoms with Gasteiger partial charge in [0, 0.05) is 29.6 Å². The lowest BCUT2D eigenvalue weighted by Gasteiger charge is -2.28. The fraction of sp³-hybridized carbons (Fsp3) is 0.381. The first kappa shape index (κ1) is 18.4. The van der Waals surface area contributed by atoms with Crippen molar-refractivity contribution in [3.63, 3.8) is 0 Å². The number of aliphatic hydroxyl groups excluding tert-OH is 1. The van der Waals surface area contributed by atoms with Crippen LogP contribution in [0, 0.1) is 0 Å². The van der Waals surface area contributed by atoms with Crippen LogP contribution in [0.4, 0.5) is 0 Å². The van der Waals surface area contributed by atoms with Crippen molar-refractivity contribution in [1.29, 1.82) is 0 Å². The van der Waals surface area contributed by atoms with Crippen molar-refractivity contribution in [3.05, 3.63) is 60.3 Å². The summed E-state index contributed by atoms with van der Waals surface area (Å²) < 4.78 is 5.75. The van der Waals surface area contributed by atoms with Gasteiger partial charge < -0.3 is 20.9 Å². The molecule has 0 spiro atoms. The van der Waals surface area contributed by atoms with Gasteiger partial charge in [-0.15, -0.1) is 0 Å². The van der Waals surface area contributed by atoms with Crippen molar-refractivity contribution < 1.29 is 9.84 Å². The van der Waals surface area contributed by atoms with Crippen LogP contribution < -0.4 is 15.8 Å². The summed E-state index contributed by atoms with van der Waals surface area (Å²) in [5.41, 5.74) is 8.15. The lowest BCUT2D eigenvalue weighted by molar-refractivity contribution is 0.0914. The minimum atomic E-state index is -0.199. The van der Waals surface area contributed by atoms with Gasteiger partial charge in [0.2, 0.25) is 5.88 Å². The van der Waals surface area contributed by atoms with E-state index >= 15 is 0 Å². The van der Waals surface area contributed by atoms with Crippen LogP contribution in [0.1, 0.15) is 36.8 Å². The molecule has 1 aromatic carbocycles. The van der Waals surface area contributed by atoms with E-state index in [0.717, 1.165) is 43.5 Å². The van der Waals surface area contributed by atoms with Gasteiger partial charge in [-0.25, -0.2) is 4.98 Å². The van der Waals surface area contributed by atoms with Crippen LogP contribution >= 0.6 is 0 Å². The maximum absolute atomic E-state index is 9.99. The number of pyridine rings is 1. The smallest absolute Gasteiger partial charge is 0.219 e. The van der Waals surface area contributed by atoms with Crippen LogP contribution in [0.25, 0.3) is 5.70 Å². The molecule has 2 atom stereocenters. The van der Waals surface area contributed by atoms with Crippen LogP contribution in [0.2, 0.25) is 0 Å². The number of rotatable bonds is 7. The van der Waals surface area contributed by atoms with E-state index < -0.39 is 0 Å². The number of nitrogens with one attached hydrogen (secondary N) is 1. The summed E-state index contributed by atoms with van der Waals surface area (Å²) in [4.78, 5) is 4.23. The molecule has 2 aromatic rings. The van der Waals surface area contributed by atoms with E-state index in [0.29, 0.717) is 11.6 Å². The highest BCUT2D eigenvalue weighted by Crippen LogP contribution is 2.21. The Labute approximate surface area is 154 Å². The van der Waals surface area contributed by atoms with Gasteiger partial charge in [-0.2, -0.15) is 0 Å². The highest BCUT2D eigenvalue weighted by Gasteiger charge is 2.21. The van der Waals surface area contributed by atoms with Crippen LogP contribution in [0.3, 0.4) is 0 Å². The normalized spacial score (nSPS) is 19.9. The second-order valence-electron chi connectivity index (χ2n) is 6.82. The molecule has 5 nitrogen and oxygen atoms in total. The van der Waals surface area contributed by atoms with Gasteiger partial charge in [0.1, 0.15) is 5.75 Å². The Morgan fingerprint density at radius 3 is 2.62 bits per heavy atom. The largest absolute Gasteiger partial charge is 0.439 e. The summed E-state index contributed by atoms with van der Waals surface area (Å²) in [6.45, 7) is 4.55. The van der Waals surface area contributed by atoms with E-state index in [2.05, 4.69) is 29.0 Å². The molecule has 4 N–H and O–H groups in total. The Balaban J connectivity index is 1.47. The van der Waals surface area contributed by atoms with Crippen molar-refractivity contribution >= 4 is 5.70 Å². The van der Waals surface area contributed by atoms with Gasteiger partial charge in [-0.3, -0.25) is 0 Å². The predicted molar refractivity (Wildman–Crippen MR) is 104 cm³/mol. The number of aromatic nitrogens is 1. The molecule has 1 fully saturated rings. The lowest BCUT2D eigenvalue weighted by Crippen LogP contribution is -2.42. The molecule has 0 amide bonds. The molecule has 0 saturated heterocycles. The van der Waals surface area contributed by atoms with Crippen molar-refractivity contribution in [3.8, 4) is 11.6 Å². The minimum Gasteiger partial charge on any atom is -0.439 e. The molecule has 0 bridgehead atoms. The van der Waals surface area contributed by atoms with E-state index in [9.17, 15) is 5.11 Å². The Hall–Kier alpha value is -2.37. The SMILES string of the molecule is C=C(N)c1ccc(Oc2ccc(CCNC3CCCCC3O)cc2)nc1. The Morgan fingerprint density at radius 1 is 1.19 bits per heavy atom. The number of ether oxygens (including phenoxy) is 1. The highest BCUT2D eigenvalue weighted by atomic mass is 16.5. The summed E-state index contributed by atoms with van der Waals surface area (Å²) in [5.74, 6) is 1.27. The fourth-order valence-corrected chi connectivity index (χ4v) is 3.23. The van der Waals surface area contributed by atoms with Crippen LogP contribution in [-0.4, -0.2) is 28.8 Å². The molecule has 1 aromatic heterocycles. The lowest BCUT2D eigenvalue weighted by atomic mass is 9.92. The average Bonchev–Trinajstić information content (AvgIpc) is 2.65. The number of hydrogen-bond donors (Lipinski definition) is 3. The topological polar surface area (TPSA) is 80.4 Å². The Kier molecular flexibility index (Phi) is 6.26. The van der Waals surface area contributed by atoms with Crippen molar-refractivity contribution in [2.45, 2.75) is 44.2 Å². The summed E-state index contributed by atoms with van der Waals surface area (Å²) in [6, 6.07) is 11.9. The summed E-state index contributed by atoms with van der Waals surface area (Å²) in [6.07, 6.45) is 6.70. The summed E-state index contributed by atoms with van der Waals surface area (Å²) in [5, 5.41) is 13.5. The number of hydrogen-bond acceptors (Lipinski definition) is 5. The van der Waals surface area contributed by atoms with Crippen molar-refractivity contribution in [1.82, 2.24) is 10.3 Å². The molecule has 1 aliphatic carbocycles. The molecule has 5 heteroatoms. The van der Waals surface area contributed by atoms with Crippen LogP contribution in [0.5, 0.6) is 11.6 Å². The zero-order chi connectivity index (χ0) is 18.4. The Bertz CT molecular complexity index is 713. The molecular weight excluding hydrogens is 326 g/mol. The van der Waals surface area contributed by atoms with E-state index in [4.69, 9.17) is 10.5 Å². The standard InChI is InChI=1S/C21H27N3O2/c1-15(22)17-8-11-21(24-14-17)26-18-9-6-16(7-10-18)12-13-23-19-4-2-3-5-20(19)25/h6-11,14,19-20,23,25H,1-5,12-13,22H2. The third-order valence-electron chi connectivity index (χ3n) is 4.80. The maximum Gasteiger partial charge on any atom is 0.219 e. The zero-order valence-corrected chi connectivity index (χ0v) is 15.0. The average molecular weight is 353 g/mol. The second-order valence-corrected chi connectivity index (χ2v) is 6.82. The van der Waals surface area contributed by atoms with Crippen LogP contribution in [0.15, 0.2) is 49.2 Å². The molecule has 1 saturated carbocycles. The van der Waals surface area contributed by atoms with E-state index in [1.165, 1.54) is 12.0 Å². The molecule has 0 aliphatic heterocycles. The third-order valence-corrected chi connectivity index (χ3v) is 4.80. The van der Waals surface area contributed by atoms with Gasteiger partial charge in [0.15, 0.2) is 0 Å². The van der Waals surface area contributed by atoms with E-state index in [1.807, 2.05) is 18.2 Å². The molecule has 2 unspecified atom stereocenters. The first-order valence-electron chi connectivity index (χ1n) is 9.21. The maximum atomic E-state index is 9.99. The summed E-state index contributed by atoms with van der Waals surface area (Å²) in [7, 11) is 0. The number of nitrogens with two attached hydrogens (primary N) is 1. The zero-order valence-electron chi connectivity index (χ0n) is 15.0. The van der Waals surface area contributed by atoms with Crippen molar-refractivity contribution in [2.75, 3.05) is 6.54 Å². The first-order chi connectivity index (χ1) is 12.6. The molecule has 1 heterocycles. The number of nitrogens with zero attached hydrogens (tertiary/aromatic N) is 1. The van der Waals surface area contributed by atoms with Gasteiger partial charge in [0.25, 0.3) is 0 Å². The summed E-state index contributed by atoms with van der Waals surface area (Å²) >= 11 is 0. The second kappa shape index (κ2) is 8.83. The third kappa shape index (κ3) is 5.07. The molecular formula is C21H27N3O2. The van der Waals surface area contributed by atoms with Gasteiger partial charge in [-0.1, -0.05) is 31.6 Å². The Morgan fingerprint density at radius 2 is 1.96 bits per heavy atom. The van der Waals surface area contributed by atoms with Gasteiger partial charge in [-0.05, 0) is 49.6 Å². The molecule has 3 rings (SSSR count). The van der Waals surface area contributed by atoms with Crippen molar-refractivity contribution in [2.24, 2.45) is 5.73 Å².